The fourth-order valence-corrected chi connectivity index (χ4v) is 4.35. The largest absolute Gasteiger partial charge is 0.462 e. The summed E-state index contributed by atoms with van der Waals surface area (Å²) in [5, 5.41) is 5.25. The summed E-state index contributed by atoms with van der Waals surface area (Å²) >= 11 is 2.86. The van der Waals surface area contributed by atoms with Gasteiger partial charge in [-0.3, -0.25) is 0 Å². The molecule has 0 atom stereocenters. The second kappa shape index (κ2) is 6.06. The van der Waals surface area contributed by atoms with Crippen LogP contribution in [0.3, 0.4) is 0 Å². The molecule has 0 radical (unpaired) electrons. The summed E-state index contributed by atoms with van der Waals surface area (Å²) in [6.45, 7) is 4.19. The third-order valence-electron chi connectivity index (χ3n) is 3.28. The molecule has 114 valence electrons. The van der Waals surface area contributed by atoms with E-state index < -0.39 is 0 Å². The lowest BCUT2D eigenvalue weighted by atomic mass is 10.0. The predicted molar refractivity (Wildman–Crippen MR) is 89.1 cm³/mol. The van der Waals surface area contributed by atoms with Gasteiger partial charge in [0.05, 0.1) is 33.7 Å². The van der Waals surface area contributed by atoms with Crippen molar-refractivity contribution in [1.29, 1.82) is 0 Å². The molecule has 0 N–H and O–H groups in total. The Morgan fingerprint density at radius 1 is 0.864 bits per heavy atom. The molecule has 4 nitrogen and oxygen atoms in total. The van der Waals surface area contributed by atoms with E-state index >= 15 is 0 Å². The summed E-state index contributed by atoms with van der Waals surface area (Å²) in [6.07, 6.45) is 0. The molecule has 2 heterocycles. The summed E-state index contributed by atoms with van der Waals surface area (Å²) < 4.78 is 11.9. The number of ether oxygens (including phenoxy) is 2. The molecule has 3 aromatic rings. The summed E-state index contributed by atoms with van der Waals surface area (Å²) in [6, 6.07) is 3.71. The maximum absolute atomic E-state index is 12.3. The van der Waals surface area contributed by atoms with E-state index in [1.165, 1.54) is 22.7 Å². The number of thiophene rings is 2. The summed E-state index contributed by atoms with van der Waals surface area (Å²) in [5.41, 5.74) is 1.08. The van der Waals surface area contributed by atoms with Crippen LogP contribution in [-0.2, 0) is 9.47 Å². The maximum Gasteiger partial charge on any atom is 0.340 e. The highest BCUT2D eigenvalue weighted by Gasteiger charge is 2.25. The van der Waals surface area contributed by atoms with Gasteiger partial charge < -0.3 is 9.47 Å². The highest BCUT2D eigenvalue weighted by atomic mass is 32.1. The molecule has 0 amide bonds. The fourth-order valence-electron chi connectivity index (χ4n) is 2.46. The Bertz CT molecular complexity index is 741. The molecule has 0 fully saturated rings. The van der Waals surface area contributed by atoms with Crippen LogP contribution in [0.5, 0.6) is 0 Å². The van der Waals surface area contributed by atoms with Crippen LogP contribution in [0.15, 0.2) is 22.9 Å². The zero-order valence-electron chi connectivity index (χ0n) is 12.2. The van der Waals surface area contributed by atoms with Crippen LogP contribution in [0.2, 0.25) is 0 Å². The molecule has 0 bridgehead atoms. The molecule has 6 heteroatoms. The van der Waals surface area contributed by atoms with Crippen molar-refractivity contribution in [1.82, 2.24) is 0 Å². The Morgan fingerprint density at radius 2 is 1.27 bits per heavy atom. The van der Waals surface area contributed by atoms with Crippen LogP contribution in [0.4, 0.5) is 0 Å². The Kier molecular flexibility index (Phi) is 4.13. The standard InChI is InChI=1S/C16H14O4S2/c1-3-19-15(17)11-9-5-7-22-14(9)12(16(18)20-4-2)10-6-8-21-13(10)11/h5-8H,3-4H2,1-2H3. The maximum atomic E-state index is 12.3. The molecule has 3 rings (SSSR count). The van der Waals surface area contributed by atoms with Crippen molar-refractivity contribution in [3.8, 4) is 0 Å². The van der Waals surface area contributed by atoms with Gasteiger partial charge in [0, 0.05) is 10.8 Å². The van der Waals surface area contributed by atoms with Crippen LogP contribution in [0.1, 0.15) is 34.6 Å². The molecule has 2 aromatic heterocycles. The molecule has 0 unspecified atom stereocenters. The normalized spacial score (nSPS) is 11.0. The second-order valence-electron chi connectivity index (χ2n) is 4.52. The molecular weight excluding hydrogens is 320 g/mol. The molecule has 22 heavy (non-hydrogen) atoms. The van der Waals surface area contributed by atoms with Gasteiger partial charge >= 0.3 is 11.9 Å². The van der Waals surface area contributed by atoms with Crippen LogP contribution in [-0.4, -0.2) is 25.2 Å². The molecule has 0 saturated heterocycles. The Morgan fingerprint density at radius 3 is 1.64 bits per heavy atom. The first kappa shape index (κ1) is 15.0. The number of benzene rings is 1. The summed E-state index contributed by atoms with van der Waals surface area (Å²) in [5.74, 6) is -0.706. The van der Waals surface area contributed by atoms with E-state index in [2.05, 4.69) is 0 Å². The summed E-state index contributed by atoms with van der Waals surface area (Å²) in [4.78, 5) is 24.7. The Labute approximate surface area is 135 Å². The SMILES string of the molecule is CCOC(=O)c1c2ccsc2c(C(=O)OCC)c2ccsc12. The lowest BCUT2D eigenvalue weighted by Gasteiger charge is -2.10. The monoisotopic (exact) mass is 334 g/mol. The third kappa shape index (κ3) is 2.28. The first-order valence-corrected chi connectivity index (χ1v) is 8.69. The van der Waals surface area contributed by atoms with Crippen molar-refractivity contribution >= 4 is 54.8 Å². The summed E-state index contributed by atoms with van der Waals surface area (Å²) in [7, 11) is 0. The zero-order valence-corrected chi connectivity index (χ0v) is 13.8. The minimum atomic E-state index is -0.353. The number of rotatable bonds is 4. The average molecular weight is 334 g/mol. The molecule has 0 aliphatic rings. The van der Waals surface area contributed by atoms with Gasteiger partial charge in [-0.15, -0.1) is 22.7 Å². The van der Waals surface area contributed by atoms with E-state index in [4.69, 9.17) is 9.47 Å². The predicted octanol–water partition coefficient (Wildman–Crippen LogP) is 4.47. The van der Waals surface area contributed by atoms with Crippen molar-refractivity contribution in [3.63, 3.8) is 0 Å². The van der Waals surface area contributed by atoms with Gasteiger partial charge in [0.2, 0.25) is 0 Å². The lowest BCUT2D eigenvalue weighted by molar-refractivity contribution is 0.0518. The molecule has 0 aliphatic heterocycles. The van der Waals surface area contributed by atoms with Crippen molar-refractivity contribution in [2.45, 2.75) is 13.8 Å². The number of fused-ring (bicyclic) bond motifs is 2. The molecule has 1 aromatic carbocycles. The molecular formula is C16H14O4S2. The highest BCUT2D eigenvalue weighted by Crippen LogP contribution is 2.39. The van der Waals surface area contributed by atoms with Gasteiger partial charge in [-0.2, -0.15) is 0 Å². The molecule has 0 saturated carbocycles. The second-order valence-corrected chi connectivity index (χ2v) is 6.35. The Balaban J connectivity index is 2.36. The quantitative estimate of drug-likeness (QED) is 0.661. The van der Waals surface area contributed by atoms with E-state index in [1.807, 2.05) is 22.9 Å². The highest BCUT2D eigenvalue weighted by molar-refractivity contribution is 7.19. The number of hydrogen-bond donors (Lipinski definition) is 0. The lowest BCUT2D eigenvalue weighted by Crippen LogP contribution is -2.09. The van der Waals surface area contributed by atoms with E-state index in [-0.39, 0.29) is 11.9 Å². The van der Waals surface area contributed by atoms with Crippen molar-refractivity contribution in [3.05, 3.63) is 34.0 Å². The van der Waals surface area contributed by atoms with Crippen LogP contribution in [0, 0.1) is 0 Å². The smallest absolute Gasteiger partial charge is 0.340 e. The first-order chi connectivity index (χ1) is 10.7. The van der Waals surface area contributed by atoms with Crippen molar-refractivity contribution < 1.29 is 19.1 Å². The first-order valence-electron chi connectivity index (χ1n) is 6.93. The number of hydrogen-bond acceptors (Lipinski definition) is 6. The van der Waals surface area contributed by atoms with Crippen LogP contribution < -0.4 is 0 Å². The van der Waals surface area contributed by atoms with Crippen molar-refractivity contribution in [2.24, 2.45) is 0 Å². The van der Waals surface area contributed by atoms with Gasteiger partial charge in [-0.25, -0.2) is 9.59 Å². The number of carbonyl (C=O) groups excluding carboxylic acids is 2. The minimum Gasteiger partial charge on any atom is -0.462 e. The van der Waals surface area contributed by atoms with Gasteiger partial charge in [0.1, 0.15) is 0 Å². The van der Waals surface area contributed by atoms with Crippen LogP contribution in [0.25, 0.3) is 20.2 Å². The Hall–Kier alpha value is -1.92. The topological polar surface area (TPSA) is 52.6 Å². The third-order valence-corrected chi connectivity index (χ3v) is 5.15. The van der Waals surface area contributed by atoms with E-state index in [0.29, 0.717) is 24.3 Å². The van der Waals surface area contributed by atoms with Crippen LogP contribution >= 0.6 is 22.7 Å². The van der Waals surface area contributed by atoms with Gasteiger partial charge in [0.25, 0.3) is 0 Å². The average Bonchev–Trinajstić information content (AvgIpc) is 3.13. The number of esters is 2. The van der Waals surface area contributed by atoms with E-state index in [1.54, 1.807) is 13.8 Å². The molecule has 0 spiro atoms. The van der Waals surface area contributed by atoms with Crippen molar-refractivity contribution in [2.75, 3.05) is 13.2 Å². The van der Waals surface area contributed by atoms with Gasteiger partial charge in [0.15, 0.2) is 0 Å². The number of carbonyl (C=O) groups is 2. The zero-order chi connectivity index (χ0) is 15.7. The minimum absolute atomic E-state index is 0.316. The van der Waals surface area contributed by atoms with E-state index in [0.717, 1.165) is 20.2 Å². The molecule has 0 aliphatic carbocycles. The van der Waals surface area contributed by atoms with Gasteiger partial charge in [-0.05, 0) is 36.7 Å². The van der Waals surface area contributed by atoms with E-state index in [9.17, 15) is 9.59 Å². The fraction of sp³-hybridized carbons (Fsp3) is 0.250. The van der Waals surface area contributed by atoms with Gasteiger partial charge in [-0.1, -0.05) is 0 Å².